The third-order valence-corrected chi connectivity index (χ3v) is 1.61. The van der Waals surface area contributed by atoms with Gasteiger partial charge in [-0.25, -0.2) is 4.98 Å². The summed E-state index contributed by atoms with van der Waals surface area (Å²) in [6.07, 6.45) is 3.50. The van der Waals surface area contributed by atoms with Crippen LogP contribution in [-0.2, 0) is 0 Å². The maximum Gasteiger partial charge on any atom is 0.216 e. The summed E-state index contributed by atoms with van der Waals surface area (Å²) >= 11 is 0. The zero-order valence-corrected chi connectivity index (χ0v) is 6.79. The molecule has 0 atom stereocenters. The Kier molecular flexibility index (Phi) is 2.26. The van der Waals surface area contributed by atoms with Crippen molar-refractivity contribution in [2.45, 2.75) is 6.92 Å². The maximum absolute atomic E-state index is 5.03. The van der Waals surface area contributed by atoms with E-state index in [-0.39, 0.29) is 0 Å². The average molecular weight is 149 g/mol. The molecule has 0 saturated carbocycles. The summed E-state index contributed by atoms with van der Waals surface area (Å²) in [5, 5.41) is 0. The van der Waals surface area contributed by atoms with Gasteiger partial charge in [0.15, 0.2) is 0 Å². The van der Waals surface area contributed by atoms with Crippen LogP contribution in [0.1, 0.15) is 11.1 Å². The largest absolute Gasteiger partial charge is 0.481 e. The van der Waals surface area contributed by atoms with E-state index in [1.807, 2.05) is 13.0 Å². The third-order valence-electron chi connectivity index (χ3n) is 1.61. The van der Waals surface area contributed by atoms with Gasteiger partial charge in [0.05, 0.1) is 7.11 Å². The summed E-state index contributed by atoms with van der Waals surface area (Å²) in [5.41, 5.74) is 2.10. The lowest BCUT2D eigenvalue weighted by Gasteiger charge is -2.04. The molecular weight excluding hydrogens is 138 g/mol. The fourth-order valence-corrected chi connectivity index (χ4v) is 0.957. The smallest absolute Gasteiger partial charge is 0.216 e. The van der Waals surface area contributed by atoms with E-state index in [1.165, 1.54) is 0 Å². The minimum atomic E-state index is 0.669. The Hall–Kier alpha value is -1.31. The Morgan fingerprint density at radius 3 is 2.91 bits per heavy atom. The van der Waals surface area contributed by atoms with Crippen molar-refractivity contribution < 1.29 is 4.74 Å². The topological polar surface area (TPSA) is 22.1 Å². The van der Waals surface area contributed by atoms with Crippen molar-refractivity contribution in [3.8, 4) is 5.88 Å². The second-order valence-electron chi connectivity index (χ2n) is 2.24. The van der Waals surface area contributed by atoms with Crippen molar-refractivity contribution in [2.75, 3.05) is 7.11 Å². The molecule has 0 aliphatic rings. The number of nitrogens with zero attached hydrogens (tertiary/aromatic N) is 1. The van der Waals surface area contributed by atoms with Gasteiger partial charge in [0.2, 0.25) is 5.88 Å². The van der Waals surface area contributed by atoms with Crippen LogP contribution in [0.5, 0.6) is 5.88 Å². The van der Waals surface area contributed by atoms with E-state index in [0.29, 0.717) is 5.88 Å². The van der Waals surface area contributed by atoms with Gasteiger partial charge in [-0.15, -0.1) is 0 Å². The molecule has 1 rings (SSSR count). The average Bonchev–Trinajstić information content (AvgIpc) is 2.05. The van der Waals surface area contributed by atoms with Crippen molar-refractivity contribution in [2.24, 2.45) is 0 Å². The van der Waals surface area contributed by atoms with Crippen molar-refractivity contribution in [1.29, 1.82) is 0 Å². The van der Waals surface area contributed by atoms with Crippen LogP contribution in [0.15, 0.2) is 18.8 Å². The van der Waals surface area contributed by atoms with Gasteiger partial charge in [0.1, 0.15) is 0 Å². The van der Waals surface area contributed by atoms with Gasteiger partial charge in [0, 0.05) is 11.8 Å². The van der Waals surface area contributed by atoms with Crippen LogP contribution in [0.2, 0.25) is 0 Å². The first-order valence-electron chi connectivity index (χ1n) is 3.41. The van der Waals surface area contributed by atoms with Gasteiger partial charge >= 0.3 is 0 Å². The summed E-state index contributed by atoms with van der Waals surface area (Å²) in [7, 11) is 1.61. The molecule has 1 aromatic heterocycles. The first-order valence-corrected chi connectivity index (χ1v) is 3.41. The summed E-state index contributed by atoms with van der Waals surface area (Å²) in [5.74, 6) is 0.669. The van der Waals surface area contributed by atoms with Gasteiger partial charge in [-0.3, -0.25) is 0 Å². The van der Waals surface area contributed by atoms with Crippen molar-refractivity contribution in [1.82, 2.24) is 4.98 Å². The van der Waals surface area contributed by atoms with Gasteiger partial charge in [-0.1, -0.05) is 12.7 Å². The highest BCUT2D eigenvalue weighted by Gasteiger charge is 2.00. The number of pyridine rings is 1. The quantitative estimate of drug-likeness (QED) is 0.642. The SMILES string of the molecule is C=Cc1ccnc(OC)c1C. The molecule has 0 amide bonds. The molecule has 1 aromatic rings. The molecule has 0 unspecified atom stereocenters. The fraction of sp³-hybridized carbons (Fsp3) is 0.222. The van der Waals surface area contributed by atoms with E-state index >= 15 is 0 Å². The molecule has 0 aliphatic heterocycles. The highest BCUT2D eigenvalue weighted by atomic mass is 16.5. The minimum absolute atomic E-state index is 0.669. The van der Waals surface area contributed by atoms with Crippen molar-refractivity contribution in [3.63, 3.8) is 0 Å². The summed E-state index contributed by atoms with van der Waals surface area (Å²) in [6.45, 7) is 5.64. The zero-order chi connectivity index (χ0) is 8.27. The molecule has 0 radical (unpaired) electrons. The lowest BCUT2D eigenvalue weighted by atomic mass is 10.1. The number of hydrogen-bond acceptors (Lipinski definition) is 2. The number of aromatic nitrogens is 1. The first kappa shape index (κ1) is 7.79. The summed E-state index contributed by atoms with van der Waals surface area (Å²) in [4.78, 5) is 4.04. The summed E-state index contributed by atoms with van der Waals surface area (Å²) < 4.78 is 5.03. The van der Waals surface area contributed by atoms with Crippen LogP contribution in [-0.4, -0.2) is 12.1 Å². The van der Waals surface area contributed by atoms with Crippen molar-refractivity contribution >= 4 is 6.08 Å². The van der Waals surface area contributed by atoms with Crippen LogP contribution < -0.4 is 4.74 Å². The zero-order valence-electron chi connectivity index (χ0n) is 6.79. The van der Waals surface area contributed by atoms with Crippen LogP contribution in [0.3, 0.4) is 0 Å². The number of hydrogen-bond donors (Lipinski definition) is 0. The van der Waals surface area contributed by atoms with E-state index in [4.69, 9.17) is 4.74 Å². The second-order valence-corrected chi connectivity index (χ2v) is 2.24. The Bertz CT molecular complexity index is 268. The first-order chi connectivity index (χ1) is 5.29. The highest BCUT2D eigenvalue weighted by molar-refractivity contribution is 5.53. The molecule has 0 saturated heterocycles. The molecule has 2 heteroatoms. The second kappa shape index (κ2) is 3.19. The molecule has 0 spiro atoms. The Labute approximate surface area is 66.5 Å². The predicted molar refractivity (Wildman–Crippen MR) is 45.6 cm³/mol. The predicted octanol–water partition coefficient (Wildman–Crippen LogP) is 2.04. The van der Waals surface area contributed by atoms with Crippen LogP contribution in [0, 0.1) is 6.92 Å². The Morgan fingerprint density at radius 1 is 1.64 bits per heavy atom. The number of ether oxygens (including phenoxy) is 1. The van der Waals surface area contributed by atoms with Gasteiger partial charge in [-0.05, 0) is 18.6 Å². The van der Waals surface area contributed by atoms with E-state index in [9.17, 15) is 0 Å². The number of methoxy groups -OCH3 is 1. The molecule has 58 valence electrons. The van der Waals surface area contributed by atoms with Crippen LogP contribution >= 0.6 is 0 Å². The highest BCUT2D eigenvalue weighted by Crippen LogP contribution is 2.17. The molecule has 0 bridgehead atoms. The normalized spacial score (nSPS) is 9.27. The van der Waals surface area contributed by atoms with Crippen molar-refractivity contribution in [3.05, 3.63) is 30.0 Å². The maximum atomic E-state index is 5.03. The van der Waals surface area contributed by atoms with E-state index in [0.717, 1.165) is 11.1 Å². The lowest BCUT2D eigenvalue weighted by molar-refractivity contribution is 0.394. The van der Waals surface area contributed by atoms with Crippen LogP contribution in [0.4, 0.5) is 0 Å². The molecule has 2 nitrogen and oxygen atoms in total. The fourth-order valence-electron chi connectivity index (χ4n) is 0.957. The number of rotatable bonds is 2. The molecule has 0 N–H and O–H groups in total. The van der Waals surface area contributed by atoms with Gasteiger partial charge < -0.3 is 4.74 Å². The molecule has 0 aromatic carbocycles. The summed E-state index contributed by atoms with van der Waals surface area (Å²) in [6, 6.07) is 1.91. The lowest BCUT2D eigenvalue weighted by Crippen LogP contribution is -1.92. The Morgan fingerprint density at radius 2 is 2.36 bits per heavy atom. The monoisotopic (exact) mass is 149 g/mol. The van der Waals surface area contributed by atoms with E-state index in [1.54, 1.807) is 19.4 Å². The molecule has 11 heavy (non-hydrogen) atoms. The molecular formula is C9H11NO. The standard InChI is InChI=1S/C9H11NO/c1-4-8-5-6-10-9(11-3)7(8)2/h4-6H,1H2,2-3H3. The van der Waals surface area contributed by atoms with E-state index < -0.39 is 0 Å². The molecule has 0 fully saturated rings. The van der Waals surface area contributed by atoms with Gasteiger partial charge in [0.25, 0.3) is 0 Å². The Balaban J connectivity index is 3.20. The molecule has 0 aliphatic carbocycles. The van der Waals surface area contributed by atoms with Crippen LogP contribution in [0.25, 0.3) is 6.08 Å². The van der Waals surface area contributed by atoms with Gasteiger partial charge in [-0.2, -0.15) is 0 Å². The third kappa shape index (κ3) is 1.40. The van der Waals surface area contributed by atoms with E-state index in [2.05, 4.69) is 11.6 Å². The molecule has 1 heterocycles. The minimum Gasteiger partial charge on any atom is -0.481 e.